The Morgan fingerprint density at radius 1 is 1.05 bits per heavy atom. The minimum atomic E-state index is 0.130. The van der Waals surface area contributed by atoms with Crippen LogP contribution in [0.25, 0.3) is 0 Å². The number of benzene rings is 1. The summed E-state index contributed by atoms with van der Waals surface area (Å²) in [6.45, 7) is 3.67. The fourth-order valence-electron chi connectivity index (χ4n) is 3.31. The normalized spacial score (nSPS) is 22.6. The monoisotopic (exact) mass is 303 g/mol. The Labute approximate surface area is 132 Å². The summed E-state index contributed by atoms with van der Waals surface area (Å²) >= 11 is 0. The first kappa shape index (κ1) is 15.5. The van der Waals surface area contributed by atoms with E-state index in [-0.39, 0.29) is 12.0 Å². The summed E-state index contributed by atoms with van der Waals surface area (Å²) < 4.78 is 10.9. The van der Waals surface area contributed by atoms with Crippen LogP contribution in [-0.2, 0) is 20.7 Å². The molecule has 2 aliphatic heterocycles. The second-order valence-corrected chi connectivity index (χ2v) is 6.17. The molecule has 0 saturated carbocycles. The highest BCUT2D eigenvalue weighted by atomic mass is 16.5. The van der Waals surface area contributed by atoms with E-state index in [4.69, 9.17) is 9.47 Å². The smallest absolute Gasteiger partial charge is 0.226 e. The van der Waals surface area contributed by atoms with E-state index < -0.39 is 0 Å². The Bertz CT molecular complexity index is 464. The average molecular weight is 303 g/mol. The van der Waals surface area contributed by atoms with Crippen molar-refractivity contribution in [1.29, 1.82) is 0 Å². The average Bonchev–Trinajstić information content (AvgIpc) is 3.11. The molecule has 1 aromatic carbocycles. The van der Waals surface area contributed by atoms with Gasteiger partial charge >= 0.3 is 0 Å². The van der Waals surface area contributed by atoms with Crippen LogP contribution in [0.5, 0.6) is 0 Å². The Balaban J connectivity index is 1.64. The van der Waals surface area contributed by atoms with E-state index in [1.54, 1.807) is 0 Å². The highest BCUT2D eigenvalue weighted by molar-refractivity contribution is 5.79. The molecule has 0 radical (unpaired) electrons. The van der Waals surface area contributed by atoms with Crippen molar-refractivity contribution in [2.24, 2.45) is 5.92 Å². The summed E-state index contributed by atoms with van der Waals surface area (Å²) in [6, 6.07) is 10.6. The predicted octanol–water partition coefficient (Wildman–Crippen LogP) is 2.27. The summed E-state index contributed by atoms with van der Waals surface area (Å²) in [4.78, 5) is 15.0. The molecule has 3 rings (SSSR count). The third-order valence-electron chi connectivity index (χ3n) is 4.68. The number of ether oxygens (including phenoxy) is 2. The number of hydrogen-bond donors (Lipinski definition) is 0. The molecule has 0 N–H and O–H groups in total. The molecule has 0 unspecified atom stereocenters. The molecule has 120 valence electrons. The molecular formula is C18H25NO3. The lowest BCUT2D eigenvalue weighted by Crippen LogP contribution is -2.46. The number of carbonyl (C=O) groups excluding carboxylic acids is 1. The standard InChI is InChI=1S/C18H25NO3/c20-18(16-7-11-21-12-8-16)19(17-9-13-22-14-17)10-6-15-4-2-1-3-5-15/h1-5,16-17H,6-14H2/t17-/m0/s1. The van der Waals surface area contributed by atoms with Gasteiger partial charge in [-0.25, -0.2) is 0 Å². The predicted molar refractivity (Wildman–Crippen MR) is 84.6 cm³/mol. The first-order valence-electron chi connectivity index (χ1n) is 8.34. The van der Waals surface area contributed by atoms with Gasteiger partial charge in [-0.05, 0) is 31.2 Å². The van der Waals surface area contributed by atoms with Gasteiger partial charge in [0.1, 0.15) is 0 Å². The van der Waals surface area contributed by atoms with Gasteiger partial charge in [0.2, 0.25) is 5.91 Å². The van der Waals surface area contributed by atoms with Crippen LogP contribution in [0.2, 0.25) is 0 Å². The number of nitrogens with zero attached hydrogens (tertiary/aromatic N) is 1. The third kappa shape index (κ3) is 3.87. The lowest BCUT2D eigenvalue weighted by atomic mass is 9.97. The van der Waals surface area contributed by atoms with Gasteiger partial charge in [0.15, 0.2) is 0 Å². The zero-order valence-corrected chi connectivity index (χ0v) is 13.1. The van der Waals surface area contributed by atoms with Crippen LogP contribution in [0, 0.1) is 5.92 Å². The minimum Gasteiger partial charge on any atom is -0.381 e. The molecule has 0 bridgehead atoms. The second kappa shape index (κ2) is 7.75. The van der Waals surface area contributed by atoms with Crippen LogP contribution < -0.4 is 0 Å². The Kier molecular flexibility index (Phi) is 5.46. The van der Waals surface area contributed by atoms with E-state index in [1.165, 1.54) is 5.56 Å². The quantitative estimate of drug-likeness (QED) is 0.837. The minimum absolute atomic E-state index is 0.130. The van der Waals surface area contributed by atoms with Gasteiger partial charge in [-0.15, -0.1) is 0 Å². The highest BCUT2D eigenvalue weighted by Crippen LogP contribution is 2.22. The zero-order valence-electron chi connectivity index (χ0n) is 13.1. The fraction of sp³-hybridized carbons (Fsp3) is 0.611. The molecule has 2 saturated heterocycles. The summed E-state index contributed by atoms with van der Waals surface area (Å²) in [7, 11) is 0. The largest absolute Gasteiger partial charge is 0.381 e. The van der Waals surface area contributed by atoms with Crippen molar-refractivity contribution in [3.63, 3.8) is 0 Å². The molecule has 1 atom stereocenters. The van der Waals surface area contributed by atoms with E-state index in [9.17, 15) is 4.79 Å². The van der Waals surface area contributed by atoms with Gasteiger partial charge in [0, 0.05) is 32.3 Å². The number of rotatable bonds is 5. The second-order valence-electron chi connectivity index (χ2n) is 6.17. The van der Waals surface area contributed by atoms with Crippen molar-refractivity contribution in [3.05, 3.63) is 35.9 Å². The number of hydrogen-bond acceptors (Lipinski definition) is 3. The van der Waals surface area contributed by atoms with Crippen LogP contribution in [0.15, 0.2) is 30.3 Å². The SMILES string of the molecule is O=C(C1CCOCC1)N(CCc1ccccc1)[C@H]1CCOC1. The van der Waals surface area contributed by atoms with Crippen molar-refractivity contribution in [3.8, 4) is 0 Å². The summed E-state index contributed by atoms with van der Waals surface area (Å²) in [5.41, 5.74) is 1.28. The summed E-state index contributed by atoms with van der Waals surface area (Å²) in [5, 5.41) is 0. The van der Waals surface area contributed by atoms with E-state index in [1.807, 2.05) is 6.07 Å². The topological polar surface area (TPSA) is 38.8 Å². The first-order chi connectivity index (χ1) is 10.8. The molecule has 2 aliphatic rings. The lowest BCUT2D eigenvalue weighted by molar-refractivity contribution is -0.141. The molecule has 22 heavy (non-hydrogen) atoms. The van der Waals surface area contributed by atoms with E-state index in [0.717, 1.165) is 38.8 Å². The third-order valence-corrected chi connectivity index (χ3v) is 4.68. The van der Waals surface area contributed by atoms with E-state index in [0.29, 0.717) is 25.7 Å². The maximum atomic E-state index is 12.9. The van der Waals surface area contributed by atoms with Gasteiger partial charge in [0.25, 0.3) is 0 Å². The Hall–Kier alpha value is -1.39. The molecular weight excluding hydrogens is 278 g/mol. The lowest BCUT2D eigenvalue weighted by Gasteiger charge is -2.33. The Morgan fingerprint density at radius 2 is 1.77 bits per heavy atom. The first-order valence-corrected chi connectivity index (χ1v) is 8.34. The molecule has 1 aromatic rings. The van der Waals surface area contributed by atoms with Crippen molar-refractivity contribution >= 4 is 5.91 Å². The summed E-state index contributed by atoms with van der Waals surface area (Å²) in [5.74, 6) is 0.430. The van der Waals surface area contributed by atoms with Crippen LogP contribution in [-0.4, -0.2) is 49.8 Å². The molecule has 2 heterocycles. The number of amides is 1. The number of carbonyl (C=O) groups is 1. The zero-order chi connectivity index (χ0) is 15.2. The van der Waals surface area contributed by atoms with Crippen LogP contribution in [0.3, 0.4) is 0 Å². The van der Waals surface area contributed by atoms with Crippen LogP contribution in [0.1, 0.15) is 24.8 Å². The maximum absolute atomic E-state index is 12.9. The van der Waals surface area contributed by atoms with Gasteiger partial charge in [0.05, 0.1) is 12.6 Å². The maximum Gasteiger partial charge on any atom is 0.226 e. The van der Waals surface area contributed by atoms with E-state index in [2.05, 4.69) is 29.2 Å². The van der Waals surface area contributed by atoms with Crippen molar-refractivity contribution in [1.82, 2.24) is 4.90 Å². The van der Waals surface area contributed by atoms with Crippen molar-refractivity contribution in [2.45, 2.75) is 31.7 Å². The molecule has 0 aliphatic carbocycles. The van der Waals surface area contributed by atoms with Gasteiger partial charge < -0.3 is 14.4 Å². The fourth-order valence-corrected chi connectivity index (χ4v) is 3.31. The summed E-state index contributed by atoms with van der Waals surface area (Å²) in [6.07, 6.45) is 3.58. The Morgan fingerprint density at radius 3 is 2.45 bits per heavy atom. The van der Waals surface area contributed by atoms with Gasteiger partial charge in [-0.3, -0.25) is 4.79 Å². The molecule has 0 aromatic heterocycles. The highest BCUT2D eigenvalue weighted by Gasteiger charge is 2.32. The van der Waals surface area contributed by atoms with E-state index >= 15 is 0 Å². The van der Waals surface area contributed by atoms with Crippen LogP contribution >= 0.6 is 0 Å². The molecule has 4 heteroatoms. The van der Waals surface area contributed by atoms with Crippen LogP contribution in [0.4, 0.5) is 0 Å². The van der Waals surface area contributed by atoms with Gasteiger partial charge in [-0.1, -0.05) is 30.3 Å². The molecule has 1 amide bonds. The van der Waals surface area contributed by atoms with Gasteiger partial charge in [-0.2, -0.15) is 0 Å². The van der Waals surface area contributed by atoms with Crippen molar-refractivity contribution in [2.75, 3.05) is 33.0 Å². The molecule has 2 fully saturated rings. The molecule has 0 spiro atoms. The molecule has 4 nitrogen and oxygen atoms in total. The van der Waals surface area contributed by atoms with Crippen molar-refractivity contribution < 1.29 is 14.3 Å².